The lowest BCUT2D eigenvalue weighted by Crippen LogP contribution is -2.33. The van der Waals surface area contributed by atoms with Crippen molar-refractivity contribution in [1.82, 2.24) is 0 Å². The Morgan fingerprint density at radius 3 is 2.93 bits per heavy atom. The zero-order valence-electron chi connectivity index (χ0n) is 8.53. The summed E-state index contributed by atoms with van der Waals surface area (Å²) in [5, 5.41) is 0. The van der Waals surface area contributed by atoms with Gasteiger partial charge in [0.1, 0.15) is 11.7 Å². The quantitative estimate of drug-likeness (QED) is 0.503. The standard InChI is InChI=1S/C12H16O2/c1-10(2)12(6-4-3-5-7-12)14-9-11-8-13-11/h3-6,11H,1,7-9H2,2H3. The van der Waals surface area contributed by atoms with Crippen LogP contribution in [0.5, 0.6) is 0 Å². The van der Waals surface area contributed by atoms with Crippen LogP contribution in [0.4, 0.5) is 0 Å². The molecule has 0 radical (unpaired) electrons. The van der Waals surface area contributed by atoms with Gasteiger partial charge in [0, 0.05) is 6.42 Å². The molecule has 2 nitrogen and oxygen atoms in total. The lowest BCUT2D eigenvalue weighted by molar-refractivity contribution is 0.0118. The maximum absolute atomic E-state index is 5.89. The molecule has 0 aromatic rings. The monoisotopic (exact) mass is 192 g/mol. The van der Waals surface area contributed by atoms with E-state index in [-0.39, 0.29) is 5.60 Å². The van der Waals surface area contributed by atoms with E-state index in [1.807, 2.05) is 19.1 Å². The van der Waals surface area contributed by atoms with Gasteiger partial charge in [-0.3, -0.25) is 0 Å². The SMILES string of the molecule is C=C(C)C1(OCC2CO2)C=CC=CC1. The van der Waals surface area contributed by atoms with Crippen molar-refractivity contribution in [2.45, 2.75) is 25.0 Å². The fraction of sp³-hybridized carbons (Fsp3) is 0.500. The lowest BCUT2D eigenvalue weighted by Gasteiger charge is -2.31. The molecule has 76 valence electrons. The van der Waals surface area contributed by atoms with Gasteiger partial charge in [-0.05, 0) is 18.6 Å². The molecule has 2 aliphatic rings. The molecular weight excluding hydrogens is 176 g/mol. The first kappa shape index (κ1) is 9.69. The molecule has 1 aliphatic heterocycles. The van der Waals surface area contributed by atoms with Gasteiger partial charge in [-0.25, -0.2) is 0 Å². The van der Waals surface area contributed by atoms with E-state index in [9.17, 15) is 0 Å². The highest BCUT2D eigenvalue weighted by molar-refractivity contribution is 5.29. The molecule has 2 rings (SSSR count). The summed E-state index contributed by atoms with van der Waals surface area (Å²) >= 11 is 0. The number of epoxide rings is 1. The van der Waals surface area contributed by atoms with Gasteiger partial charge in [0.2, 0.25) is 0 Å². The van der Waals surface area contributed by atoms with Crippen LogP contribution in [-0.4, -0.2) is 24.9 Å². The largest absolute Gasteiger partial charge is 0.371 e. The molecule has 0 aromatic carbocycles. The first-order valence-corrected chi connectivity index (χ1v) is 4.99. The smallest absolute Gasteiger partial charge is 0.111 e. The van der Waals surface area contributed by atoms with E-state index >= 15 is 0 Å². The van der Waals surface area contributed by atoms with Crippen LogP contribution in [0.2, 0.25) is 0 Å². The van der Waals surface area contributed by atoms with E-state index in [2.05, 4.69) is 18.7 Å². The highest BCUT2D eigenvalue weighted by Crippen LogP contribution is 2.30. The van der Waals surface area contributed by atoms with Gasteiger partial charge in [-0.2, -0.15) is 0 Å². The Balaban J connectivity index is 2.01. The molecule has 0 bridgehead atoms. The lowest BCUT2D eigenvalue weighted by atomic mass is 9.88. The van der Waals surface area contributed by atoms with Crippen LogP contribution in [0, 0.1) is 0 Å². The van der Waals surface area contributed by atoms with Crippen LogP contribution in [0.3, 0.4) is 0 Å². The van der Waals surface area contributed by atoms with Crippen LogP contribution < -0.4 is 0 Å². The van der Waals surface area contributed by atoms with Gasteiger partial charge in [0.05, 0.1) is 13.2 Å². The predicted molar refractivity (Wildman–Crippen MR) is 56.1 cm³/mol. The molecule has 1 fully saturated rings. The maximum atomic E-state index is 5.89. The van der Waals surface area contributed by atoms with Gasteiger partial charge in [-0.15, -0.1) is 0 Å². The molecule has 0 N–H and O–H groups in total. The van der Waals surface area contributed by atoms with Crippen LogP contribution in [0.15, 0.2) is 36.5 Å². The summed E-state index contributed by atoms with van der Waals surface area (Å²) in [5.41, 5.74) is 0.763. The average Bonchev–Trinajstić information content (AvgIpc) is 2.99. The van der Waals surface area contributed by atoms with Crippen LogP contribution in [0.25, 0.3) is 0 Å². The Morgan fingerprint density at radius 1 is 1.64 bits per heavy atom. The molecule has 2 unspecified atom stereocenters. The van der Waals surface area contributed by atoms with Crippen LogP contribution in [-0.2, 0) is 9.47 Å². The maximum Gasteiger partial charge on any atom is 0.111 e. The Morgan fingerprint density at radius 2 is 2.43 bits per heavy atom. The summed E-state index contributed by atoms with van der Waals surface area (Å²) in [6, 6.07) is 0. The first-order chi connectivity index (χ1) is 6.73. The summed E-state index contributed by atoms with van der Waals surface area (Å²) in [5.74, 6) is 0. The zero-order chi connectivity index (χ0) is 10.0. The second-order valence-electron chi connectivity index (χ2n) is 3.93. The minimum atomic E-state index is -0.291. The van der Waals surface area contributed by atoms with Crippen molar-refractivity contribution in [2.24, 2.45) is 0 Å². The molecule has 1 saturated heterocycles. The third-order valence-electron chi connectivity index (χ3n) is 2.69. The molecule has 1 aliphatic carbocycles. The van der Waals surface area contributed by atoms with E-state index in [0.29, 0.717) is 12.7 Å². The molecule has 1 heterocycles. The summed E-state index contributed by atoms with van der Waals surface area (Å²) in [4.78, 5) is 0. The van der Waals surface area contributed by atoms with Crippen molar-refractivity contribution < 1.29 is 9.47 Å². The Labute approximate surface area is 84.9 Å². The number of hydrogen-bond acceptors (Lipinski definition) is 2. The van der Waals surface area contributed by atoms with E-state index in [1.165, 1.54) is 0 Å². The Kier molecular flexibility index (Phi) is 2.57. The van der Waals surface area contributed by atoms with Crippen LogP contribution in [0.1, 0.15) is 13.3 Å². The molecule has 0 spiro atoms. The van der Waals surface area contributed by atoms with Gasteiger partial charge in [0.25, 0.3) is 0 Å². The molecule has 2 atom stereocenters. The third kappa shape index (κ3) is 1.97. The number of hydrogen-bond donors (Lipinski definition) is 0. The van der Waals surface area contributed by atoms with E-state index < -0.39 is 0 Å². The van der Waals surface area contributed by atoms with E-state index in [4.69, 9.17) is 9.47 Å². The van der Waals surface area contributed by atoms with Gasteiger partial charge >= 0.3 is 0 Å². The van der Waals surface area contributed by atoms with Gasteiger partial charge in [0.15, 0.2) is 0 Å². The normalized spacial score (nSPS) is 34.5. The fourth-order valence-corrected chi connectivity index (χ4v) is 1.55. The van der Waals surface area contributed by atoms with Gasteiger partial charge in [-0.1, -0.05) is 24.8 Å². The van der Waals surface area contributed by atoms with Crippen molar-refractivity contribution in [1.29, 1.82) is 0 Å². The number of ether oxygens (including phenoxy) is 2. The van der Waals surface area contributed by atoms with Crippen molar-refractivity contribution in [3.05, 3.63) is 36.5 Å². The summed E-state index contributed by atoms with van der Waals surface area (Å²) in [7, 11) is 0. The van der Waals surface area contributed by atoms with E-state index in [1.54, 1.807) is 0 Å². The summed E-state index contributed by atoms with van der Waals surface area (Å²) < 4.78 is 11.0. The molecule has 0 saturated carbocycles. The first-order valence-electron chi connectivity index (χ1n) is 4.99. The minimum Gasteiger partial charge on any atom is -0.371 e. The van der Waals surface area contributed by atoms with E-state index in [0.717, 1.165) is 18.6 Å². The van der Waals surface area contributed by atoms with Crippen LogP contribution >= 0.6 is 0 Å². The average molecular weight is 192 g/mol. The second-order valence-corrected chi connectivity index (χ2v) is 3.93. The molecule has 0 amide bonds. The molecule has 2 heteroatoms. The zero-order valence-corrected chi connectivity index (χ0v) is 8.53. The van der Waals surface area contributed by atoms with Crippen molar-refractivity contribution in [3.63, 3.8) is 0 Å². The highest BCUT2D eigenvalue weighted by Gasteiger charge is 2.32. The minimum absolute atomic E-state index is 0.291. The Bertz CT molecular complexity index is 287. The highest BCUT2D eigenvalue weighted by atomic mass is 16.6. The summed E-state index contributed by atoms with van der Waals surface area (Å²) in [6.45, 7) is 7.52. The van der Waals surface area contributed by atoms with Crippen molar-refractivity contribution in [3.8, 4) is 0 Å². The number of allylic oxidation sites excluding steroid dienone is 2. The number of rotatable bonds is 4. The van der Waals surface area contributed by atoms with Gasteiger partial charge < -0.3 is 9.47 Å². The molecule has 0 aromatic heterocycles. The predicted octanol–water partition coefficient (Wildman–Crippen LogP) is 2.23. The Hall–Kier alpha value is -0.860. The third-order valence-corrected chi connectivity index (χ3v) is 2.69. The van der Waals surface area contributed by atoms with Crippen molar-refractivity contribution >= 4 is 0 Å². The van der Waals surface area contributed by atoms with Crippen molar-refractivity contribution in [2.75, 3.05) is 13.2 Å². The fourth-order valence-electron chi connectivity index (χ4n) is 1.55. The molecular formula is C12H16O2. The summed E-state index contributed by atoms with van der Waals surface area (Å²) in [6.07, 6.45) is 9.45. The molecule has 14 heavy (non-hydrogen) atoms. The topological polar surface area (TPSA) is 21.8 Å². The second kappa shape index (κ2) is 3.71.